The first-order valence-electron chi connectivity index (χ1n) is 6.37. The molecule has 5 heteroatoms. The van der Waals surface area contributed by atoms with E-state index in [4.69, 9.17) is 14.6 Å². The van der Waals surface area contributed by atoms with Crippen molar-refractivity contribution in [1.82, 2.24) is 0 Å². The molecular formula is C15H26O5. The number of ether oxygens (including phenoxy) is 2. The van der Waals surface area contributed by atoms with Gasteiger partial charge in [0.1, 0.15) is 6.61 Å². The maximum absolute atomic E-state index is 11.2. The second-order valence-corrected chi connectivity index (χ2v) is 5.26. The highest BCUT2D eigenvalue weighted by atomic mass is 16.6. The summed E-state index contributed by atoms with van der Waals surface area (Å²) in [6.07, 6.45) is 2.57. The highest BCUT2D eigenvalue weighted by Crippen LogP contribution is 2.12. The zero-order valence-corrected chi connectivity index (χ0v) is 13.1. The summed E-state index contributed by atoms with van der Waals surface area (Å²) in [5.41, 5.74) is 0.786. The van der Waals surface area contributed by atoms with Crippen LogP contribution in [0.5, 0.6) is 0 Å². The fourth-order valence-electron chi connectivity index (χ4n) is 0.803. The van der Waals surface area contributed by atoms with Crippen molar-refractivity contribution in [3.05, 3.63) is 24.3 Å². The molecule has 0 heterocycles. The molecule has 0 aromatic rings. The molecule has 0 aromatic heterocycles. The largest absolute Gasteiger partial charge is 0.478 e. The Kier molecular flexibility index (Phi) is 11.6. The van der Waals surface area contributed by atoms with Crippen LogP contribution in [0.1, 0.15) is 34.6 Å². The molecule has 0 spiro atoms. The molecule has 0 saturated carbocycles. The van der Waals surface area contributed by atoms with Crippen LogP contribution in [0.3, 0.4) is 0 Å². The van der Waals surface area contributed by atoms with Crippen LogP contribution in [-0.2, 0) is 19.1 Å². The summed E-state index contributed by atoms with van der Waals surface area (Å²) < 4.78 is 10.3. The van der Waals surface area contributed by atoms with E-state index >= 15 is 0 Å². The molecule has 0 aliphatic heterocycles. The predicted molar refractivity (Wildman–Crippen MR) is 78.5 cm³/mol. The molecule has 0 amide bonds. The maximum atomic E-state index is 11.2. The van der Waals surface area contributed by atoms with Crippen LogP contribution in [0, 0.1) is 5.41 Å². The Hall–Kier alpha value is -1.62. The number of hydrogen-bond acceptors (Lipinski definition) is 4. The number of aliphatic carboxylic acids is 1. The Balaban J connectivity index is 0. The number of carboxylic acid groups (broad SMARTS) is 1. The minimum absolute atomic E-state index is 0.156. The standard InChI is InChI=1S/C12H22O3.C3H4O2/c1-6-10(2)11(13)15-8-7-14-9-12(3,4)5;1-2-3(4)5/h6H,7-9H2,1-5H3;2H,1H2,(H,4,5). The lowest BCUT2D eigenvalue weighted by molar-refractivity contribution is -0.140. The normalized spacial score (nSPS) is 11.2. The van der Waals surface area contributed by atoms with Crippen LogP contribution in [0.4, 0.5) is 0 Å². The molecule has 20 heavy (non-hydrogen) atoms. The van der Waals surface area contributed by atoms with E-state index in [1.165, 1.54) is 0 Å². The van der Waals surface area contributed by atoms with Gasteiger partial charge in [-0.2, -0.15) is 0 Å². The average molecular weight is 286 g/mol. The fourth-order valence-corrected chi connectivity index (χ4v) is 0.803. The van der Waals surface area contributed by atoms with Crippen LogP contribution in [0.2, 0.25) is 0 Å². The van der Waals surface area contributed by atoms with E-state index in [-0.39, 0.29) is 11.4 Å². The van der Waals surface area contributed by atoms with Gasteiger partial charge in [0.25, 0.3) is 0 Å². The Morgan fingerprint density at radius 2 is 1.75 bits per heavy atom. The van der Waals surface area contributed by atoms with E-state index in [0.717, 1.165) is 6.08 Å². The summed E-state index contributed by atoms with van der Waals surface area (Å²) in [6, 6.07) is 0. The number of carbonyl (C=O) groups is 2. The van der Waals surface area contributed by atoms with E-state index in [0.29, 0.717) is 25.4 Å². The first-order chi connectivity index (χ1) is 9.14. The van der Waals surface area contributed by atoms with Gasteiger partial charge in [-0.15, -0.1) is 0 Å². The third kappa shape index (κ3) is 16.4. The smallest absolute Gasteiger partial charge is 0.333 e. The Morgan fingerprint density at radius 3 is 2.10 bits per heavy atom. The molecule has 0 aliphatic carbocycles. The monoisotopic (exact) mass is 286 g/mol. The van der Waals surface area contributed by atoms with E-state index < -0.39 is 5.97 Å². The van der Waals surface area contributed by atoms with Gasteiger partial charge >= 0.3 is 11.9 Å². The molecule has 1 N–H and O–H groups in total. The third-order valence-electron chi connectivity index (χ3n) is 1.93. The first kappa shape index (κ1) is 20.7. The number of allylic oxidation sites excluding steroid dienone is 1. The highest BCUT2D eigenvalue weighted by molar-refractivity contribution is 5.87. The van der Waals surface area contributed by atoms with E-state index in [9.17, 15) is 9.59 Å². The minimum Gasteiger partial charge on any atom is -0.478 e. The van der Waals surface area contributed by atoms with Crippen molar-refractivity contribution in [2.45, 2.75) is 34.6 Å². The summed E-state index contributed by atoms with van der Waals surface area (Å²) in [4.78, 5) is 20.4. The quantitative estimate of drug-likeness (QED) is 0.462. The van der Waals surface area contributed by atoms with Crippen molar-refractivity contribution < 1.29 is 24.2 Å². The second-order valence-electron chi connectivity index (χ2n) is 5.26. The molecule has 0 bridgehead atoms. The Morgan fingerprint density at radius 1 is 1.25 bits per heavy atom. The van der Waals surface area contributed by atoms with E-state index in [1.54, 1.807) is 13.0 Å². The summed E-state index contributed by atoms with van der Waals surface area (Å²) in [5, 5.41) is 7.60. The van der Waals surface area contributed by atoms with Gasteiger partial charge in [-0.1, -0.05) is 33.4 Å². The van der Waals surface area contributed by atoms with Gasteiger partial charge in [0.2, 0.25) is 0 Å². The predicted octanol–water partition coefficient (Wildman–Crippen LogP) is 2.82. The van der Waals surface area contributed by atoms with Gasteiger partial charge in [0.15, 0.2) is 0 Å². The zero-order valence-electron chi connectivity index (χ0n) is 13.1. The molecule has 0 aliphatic rings. The van der Waals surface area contributed by atoms with Crippen LogP contribution < -0.4 is 0 Å². The molecule has 0 unspecified atom stereocenters. The van der Waals surface area contributed by atoms with Gasteiger partial charge in [0.05, 0.1) is 13.2 Å². The molecule has 0 rings (SSSR count). The van der Waals surface area contributed by atoms with Gasteiger partial charge < -0.3 is 14.6 Å². The Labute approximate surface area is 121 Å². The fraction of sp³-hybridized carbons (Fsp3) is 0.600. The number of hydrogen-bond donors (Lipinski definition) is 1. The molecule has 0 radical (unpaired) electrons. The summed E-state index contributed by atoms with van der Waals surface area (Å²) in [6.45, 7) is 14.3. The van der Waals surface area contributed by atoms with Crippen LogP contribution >= 0.6 is 0 Å². The lowest BCUT2D eigenvalue weighted by Gasteiger charge is -2.17. The molecule has 0 atom stereocenters. The van der Waals surface area contributed by atoms with Gasteiger partial charge in [-0.3, -0.25) is 0 Å². The summed E-state index contributed by atoms with van der Waals surface area (Å²) >= 11 is 0. The SMILES string of the molecule is C=CC(=O)O.CC=C(C)C(=O)OCCOCC(C)(C)C. The number of rotatable bonds is 6. The van der Waals surface area contributed by atoms with Crippen molar-refractivity contribution in [3.63, 3.8) is 0 Å². The van der Waals surface area contributed by atoms with Gasteiger partial charge in [-0.05, 0) is 19.3 Å². The van der Waals surface area contributed by atoms with Crippen LogP contribution in [0.15, 0.2) is 24.3 Å². The van der Waals surface area contributed by atoms with E-state index in [1.807, 2.05) is 6.92 Å². The zero-order chi connectivity index (χ0) is 16.2. The number of esters is 1. The van der Waals surface area contributed by atoms with Crippen molar-refractivity contribution in [3.8, 4) is 0 Å². The number of carbonyl (C=O) groups excluding carboxylic acids is 1. The minimum atomic E-state index is -0.981. The van der Waals surface area contributed by atoms with Crippen molar-refractivity contribution in [2.24, 2.45) is 5.41 Å². The van der Waals surface area contributed by atoms with Crippen LogP contribution in [0.25, 0.3) is 0 Å². The van der Waals surface area contributed by atoms with Crippen molar-refractivity contribution in [1.29, 1.82) is 0 Å². The highest BCUT2D eigenvalue weighted by Gasteiger charge is 2.10. The topological polar surface area (TPSA) is 72.8 Å². The third-order valence-corrected chi connectivity index (χ3v) is 1.93. The average Bonchev–Trinajstić information content (AvgIpc) is 2.36. The van der Waals surface area contributed by atoms with Crippen molar-refractivity contribution >= 4 is 11.9 Å². The lowest BCUT2D eigenvalue weighted by Crippen LogP contribution is -2.18. The second kappa shape index (κ2) is 11.2. The molecule has 0 saturated heterocycles. The molecular weight excluding hydrogens is 260 g/mol. The van der Waals surface area contributed by atoms with E-state index in [2.05, 4.69) is 27.4 Å². The molecule has 0 fully saturated rings. The van der Waals surface area contributed by atoms with Crippen molar-refractivity contribution in [2.75, 3.05) is 19.8 Å². The maximum Gasteiger partial charge on any atom is 0.333 e. The molecule has 0 aromatic carbocycles. The molecule has 5 nitrogen and oxygen atoms in total. The summed E-state index contributed by atoms with van der Waals surface area (Å²) in [7, 11) is 0. The lowest BCUT2D eigenvalue weighted by atomic mass is 9.99. The molecule has 116 valence electrons. The van der Waals surface area contributed by atoms with Crippen LogP contribution in [-0.4, -0.2) is 36.9 Å². The van der Waals surface area contributed by atoms with Gasteiger partial charge in [0, 0.05) is 11.6 Å². The summed E-state index contributed by atoms with van der Waals surface area (Å²) in [5.74, 6) is -1.25. The first-order valence-corrected chi connectivity index (χ1v) is 6.37. The number of carboxylic acids is 1. The van der Waals surface area contributed by atoms with Gasteiger partial charge in [-0.25, -0.2) is 9.59 Å². The Bertz CT molecular complexity index is 337.